The summed E-state index contributed by atoms with van der Waals surface area (Å²) in [6.45, 7) is 4.19. The summed E-state index contributed by atoms with van der Waals surface area (Å²) in [6, 6.07) is 6.49. The maximum atomic E-state index is 12.5. The molecular formula is C19H21ClN2O3S. The highest BCUT2D eigenvalue weighted by molar-refractivity contribution is 7.17. The van der Waals surface area contributed by atoms with Crippen LogP contribution in [0.5, 0.6) is 0 Å². The highest BCUT2D eigenvalue weighted by atomic mass is 35.5. The monoisotopic (exact) mass is 392 g/mol. The van der Waals surface area contributed by atoms with Crippen LogP contribution in [-0.2, 0) is 11.2 Å². The van der Waals surface area contributed by atoms with Crippen molar-refractivity contribution in [1.29, 1.82) is 0 Å². The zero-order valence-electron chi connectivity index (χ0n) is 14.7. The highest BCUT2D eigenvalue weighted by Gasteiger charge is 2.30. The van der Waals surface area contributed by atoms with Crippen molar-refractivity contribution in [1.82, 2.24) is 0 Å². The number of rotatable bonds is 4. The molecule has 1 aromatic heterocycles. The van der Waals surface area contributed by atoms with Crippen molar-refractivity contribution in [3.8, 4) is 0 Å². The number of nitrogens with one attached hydrogen (secondary N) is 2. The molecule has 0 saturated heterocycles. The standard InChI is InChI=1S/C19H21ClN2O3S/c1-3-25-18(23)16-15-11(2)6-4-9-14(15)26-17(16)22-19(24)21-13-8-5-7-12(20)10-13/h5,7-8,10-11H,3-4,6,9H2,1-2H3,(H2,21,22,24). The van der Waals surface area contributed by atoms with Crippen LogP contribution in [0.25, 0.3) is 0 Å². The molecule has 0 spiro atoms. The second kappa shape index (κ2) is 8.10. The van der Waals surface area contributed by atoms with Crippen molar-refractivity contribution in [2.24, 2.45) is 0 Å². The van der Waals surface area contributed by atoms with Gasteiger partial charge in [-0.25, -0.2) is 9.59 Å². The number of amides is 2. The van der Waals surface area contributed by atoms with Gasteiger partial charge in [0.2, 0.25) is 0 Å². The van der Waals surface area contributed by atoms with E-state index in [2.05, 4.69) is 17.6 Å². The number of hydrogen-bond acceptors (Lipinski definition) is 4. The van der Waals surface area contributed by atoms with E-state index in [9.17, 15) is 9.59 Å². The summed E-state index contributed by atoms with van der Waals surface area (Å²) >= 11 is 7.41. The largest absolute Gasteiger partial charge is 0.462 e. The van der Waals surface area contributed by atoms with Crippen molar-refractivity contribution in [2.45, 2.75) is 39.0 Å². The first-order chi connectivity index (χ1) is 12.5. The Kier molecular flexibility index (Phi) is 5.84. The first kappa shape index (κ1) is 18.7. The SMILES string of the molecule is CCOC(=O)c1c(NC(=O)Nc2cccc(Cl)c2)sc2c1C(C)CCC2. The minimum absolute atomic E-state index is 0.279. The molecule has 138 valence electrons. The molecule has 1 aromatic carbocycles. The van der Waals surface area contributed by atoms with Crippen molar-refractivity contribution in [3.05, 3.63) is 45.3 Å². The molecule has 0 bridgehead atoms. The Morgan fingerprint density at radius 2 is 2.15 bits per heavy atom. The van der Waals surface area contributed by atoms with Crippen LogP contribution in [0, 0.1) is 0 Å². The topological polar surface area (TPSA) is 67.4 Å². The lowest BCUT2D eigenvalue weighted by molar-refractivity contribution is 0.0526. The molecule has 0 radical (unpaired) electrons. The second-order valence-corrected chi connectivity index (χ2v) is 7.79. The number of fused-ring (bicyclic) bond motifs is 1. The average molecular weight is 393 g/mol. The predicted molar refractivity (Wildman–Crippen MR) is 106 cm³/mol. The minimum atomic E-state index is -0.413. The molecule has 0 saturated carbocycles. The molecule has 5 nitrogen and oxygen atoms in total. The normalized spacial score (nSPS) is 15.9. The number of benzene rings is 1. The number of ether oxygens (including phenoxy) is 1. The second-order valence-electron chi connectivity index (χ2n) is 6.25. The molecule has 2 N–H and O–H groups in total. The van der Waals surface area contributed by atoms with Crippen molar-refractivity contribution in [2.75, 3.05) is 17.2 Å². The van der Waals surface area contributed by atoms with Crippen LogP contribution in [0.4, 0.5) is 15.5 Å². The summed E-state index contributed by atoms with van der Waals surface area (Å²) < 4.78 is 5.24. The molecule has 0 fully saturated rings. The Labute approximate surface area is 161 Å². The van der Waals surface area contributed by atoms with Crippen LogP contribution in [0.15, 0.2) is 24.3 Å². The molecular weight excluding hydrogens is 372 g/mol. The van der Waals surface area contributed by atoms with Crippen LogP contribution < -0.4 is 10.6 Å². The Bertz CT molecular complexity index is 834. The lowest BCUT2D eigenvalue weighted by Gasteiger charge is -2.19. The van der Waals surface area contributed by atoms with Gasteiger partial charge >= 0.3 is 12.0 Å². The van der Waals surface area contributed by atoms with Crippen molar-refractivity contribution >= 4 is 45.6 Å². The molecule has 0 aliphatic heterocycles. The van der Waals surface area contributed by atoms with Crippen LogP contribution in [0.3, 0.4) is 0 Å². The van der Waals surface area contributed by atoms with Crippen LogP contribution in [-0.4, -0.2) is 18.6 Å². The van der Waals surface area contributed by atoms with E-state index in [1.165, 1.54) is 11.3 Å². The number of halogens is 1. The molecule has 1 unspecified atom stereocenters. The van der Waals surface area contributed by atoms with Gasteiger partial charge in [0.25, 0.3) is 0 Å². The Morgan fingerprint density at radius 3 is 2.88 bits per heavy atom. The molecule has 7 heteroatoms. The van der Waals surface area contributed by atoms with E-state index >= 15 is 0 Å². The maximum absolute atomic E-state index is 12.5. The first-order valence-electron chi connectivity index (χ1n) is 8.65. The zero-order valence-corrected chi connectivity index (χ0v) is 16.3. The smallest absolute Gasteiger partial charge is 0.341 e. The van der Waals surface area contributed by atoms with E-state index < -0.39 is 6.03 Å². The van der Waals surface area contributed by atoms with Gasteiger partial charge in [-0.2, -0.15) is 0 Å². The van der Waals surface area contributed by atoms with E-state index in [4.69, 9.17) is 16.3 Å². The summed E-state index contributed by atoms with van der Waals surface area (Å²) in [4.78, 5) is 26.1. The Hall–Kier alpha value is -2.05. The van der Waals surface area contributed by atoms with E-state index in [-0.39, 0.29) is 11.9 Å². The first-order valence-corrected chi connectivity index (χ1v) is 9.85. The molecule has 1 atom stereocenters. The van der Waals surface area contributed by atoms with Gasteiger partial charge in [-0.3, -0.25) is 5.32 Å². The average Bonchev–Trinajstić information content (AvgIpc) is 2.94. The molecule has 1 aliphatic rings. The zero-order chi connectivity index (χ0) is 18.7. The van der Waals surface area contributed by atoms with Gasteiger partial charge in [-0.15, -0.1) is 11.3 Å². The fourth-order valence-electron chi connectivity index (χ4n) is 3.24. The predicted octanol–water partition coefficient (Wildman–Crippen LogP) is 5.66. The van der Waals surface area contributed by atoms with Gasteiger partial charge in [0, 0.05) is 15.6 Å². The van der Waals surface area contributed by atoms with Crippen LogP contribution in [0.2, 0.25) is 5.02 Å². The van der Waals surface area contributed by atoms with Gasteiger partial charge in [0.05, 0.1) is 12.2 Å². The van der Waals surface area contributed by atoms with Gasteiger partial charge in [-0.1, -0.05) is 24.6 Å². The Balaban J connectivity index is 1.86. The van der Waals surface area contributed by atoms with E-state index in [0.29, 0.717) is 27.9 Å². The third kappa shape index (κ3) is 4.02. The third-order valence-corrected chi connectivity index (χ3v) is 5.76. The number of esters is 1. The summed E-state index contributed by atoms with van der Waals surface area (Å²) in [5.41, 5.74) is 2.11. The lowest BCUT2D eigenvalue weighted by Crippen LogP contribution is -2.21. The number of anilines is 2. The molecule has 26 heavy (non-hydrogen) atoms. The molecule has 2 amide bonds. The number of carbonyl (C=O) groups excluding carboxylic acids is 2. The lowest BCUT2D eigenvalue weighted by atomic mass is 9.86. The number of hydrogen-bond donors (Lipinski definition) is 2. The number of urea groups is 1. The van der Waals surface area contributed by atoms with Crippen molar-refractivity contribution < 1.29 is 14.3 Å². The Morgan fingerprint density at radius 1 is 1.35 bits per heavy atom. The van der Waals surface area contributed by atoms with Crippen molar-refractivity contribution in [3.63, 3.8) is 0 Å². The van der Waals surface area contributed by atoms with Gasteiger partial charge in [0.15, 0.2) is 0 Å². The maximum Gasteiger partial charge on any atom is 0.341 e. The van der Waals surface area contributed by atoms with Gasteiger partial charge in [-0.05, 0) is 55.9 Å². The number of thiophene rings is 1. The number of aryl methyl sites for hydroxylation is 1. The molecule has 2 aromatic rings. The molecule has 1 aliphatic carbocycles. The van der Waals surface area contributed by atoms with E-state index in [1.54, 1.807) is 31.2 Å². The van der Waals surface area contributed by atoms with Crippen LogP contribution in [0.1, 0.15) is 53.4 Å². The van der Waals surface area contributed by atoms with Gasteiger partial charge in [0.1, 0.15) is 5.00 Å². The number of carbonyl (C=O) groups is 2. The van der Waals surface area contributed by atoms with Crippen LogP contribution >= 0.6 is 22.9 Å². The summed E-state index contributed by atoms with van der Waals surface area (Å²) in [6.07, 6.45) is 3.05. The summed E-state index contributed by atoms with van der Waals surface area (Å²) in [7, 11) is 0. The van der Waals surface area contributed by atoms with E-state index in [0.717, 1.165) is 29.7 Å². The highest BCUT2D eigenvalue weighted by Crippen LogP contribution is 2.43. The molecule has 1 heterocycles. The summed E-state index contributed by atoms with van der Waals surface area (Å²) in [5.74, 6) is -0.0993. The fraction of sp³-hybridized carbons (Fsp3) is 0.368. The third-order valence-electron chi connectivity index (χ3n) is 4.34. The fourth-order valence-corrected chi connectivity index (χ4v) is 4.77. The quantitative estimate of drug-likeness (QED) is 0.659. The van der Waals surface area contributed by atoms with E-state index in [1.807, 2.05) is 0 Å². The molecule has 3 rings (SSSR count). The van der Waals surface area contributed by atoms with Gasteiger partial charge < -0.3 is 10.1 Å². The minimum Gasteiger partial charge on any atom is -0.462 e. The summed E-state index contributed by atoms with van der Waals surface area (Å²) in [5, 5.41) is 6.64.